The Bertz CT molecular complexity index is 3010. The fraction of sp³-hybridized carbons (Fsp3) is 0.109. The third-order valence-electron chi connectivity index (χ3n) is 13.5. The Morgan fingerprint density at radius 1 is 0.456 bits per heavy atom. The Kier molecular flexibility index (Phi) is 6.63. The second kappa shape index (κ2) is 11.6. The van der Waals surface area contributed by atoms with Crippen molar-refractivity contribution >= 4 is 22.2 Å². The van der Waals surface area contributed by atoms with Crippen molar-refractivity contribution in [2.24, 2.45) is 4.99 Å². The van der Waals surface area contributed by atoms with Gasteiger partial charge < -0.3 is 4.90 Å². The standard InChI is InChI=1S/C55H40N2/c1-54(2)47-30-16-26-42(51(47)43-31-35-19-7-8-20-36(35)32-48(43)54)50-33-49(56-53(57(50)3)34-17-5-4-6-18-34)41-25-15-24-40-39-23-11-14-29-46(39)55(52(40)41)44-27-12-9-21-37(44)38-22-10-13-28-45(38)55/h4-33,53H,1-3H3. The SMILES string of the molecule is CN1C(c2cccc3c2-c2cc4ccccc4cc2C3(C)C)=CC(c2cccc3c2C2(c4ccccc4-c4ccccc42)c2ccccc2-3)=NC1c1ccccc1. The zero-order chi connectivity index (χ0) is 38.0. The molecule has 1 heterocycles. The maximum absolute atomic E-state index is 5.76. The Morgan fingerprint density at radius 2 is 0.965 bits per heavy atom. The van der Waals surface area contributed by atoms with Crippen molar-refractivity contribution in [2.75, 3.05) is 7.05 Å². The number of nitrogens with zero attached hydrogens (tertiary/aromatic N) is 2. The molecule has 1 unspecified atom stereocenters. The van der Waals surface area contributed by atoms with Crippen molar-refractivity contribution in [1.82, 2.24) is 4.90 Å². The van der Waals surface area contributed by atoms with E-state index in [4.69, 9.17) is 4.99 Å². The maximum atomic E-state index is 5.76. The van der Waals surface area contributed by atoms with Gasteiger partial charge in [0, 0.05) is 29.3 Å². The van der Waals surface area contributed by atoms with E-state index >= 15 is 0 Å². The van der Waals surface area contributed by atoms with Gasteiger partial charge in [-0.3, -0.25) is 4.99 Å². The van der Waals surface area contributed by atoms with Gasteiger partial charge in [0.15, 0.2) is 0 Å². The molecule has 0 N–H and O–H groups in total. The minimum Gasteiger partial charge on any atom is -0.349 e. The molecule has 0 amide bonds. The molecular formula is C55H40N2. The van der Waals surface area contributed by atoms with Crippen LogP contribution in [-0.2, 0) is 10.8 Å². The molecule has 2 nitrogen and oxygen atoms in total. The lowest BCUT2D eigenvalue weighted by atomic mass is 9.69. The predicted octanol–water partition coefficient (Wildman–Crippen LogP) is 13.0. The molecule has 0 bridgehead atoms. The number of aliphatic imine (C=N–C) groups is 1. The summed E-state index contributed by atoms with van der Waals surface area (Å²) in [5.74, 6) is 0. The molecule has 1 spiro atoms. The number of hydrogen-bond acceptors (Lipinski definition) is 2. The van der Waals surface area contributed by atoms with Crippen LogP contribution >= 0.6 is 0 Å². The van der Waals surface area contributed by atoms with Crippen LogP contribution < -0.4 is 0 Å². The van der Waals surface area contributed by atoms with Crippen LogP contribution in [0, 0.1) is 0 Å². The molecule has 0 aromatic heterocycles. The van der Waals surface area contributed by atoms with Gasteiger partial charge in [0.25, 0.3) is 0 Å². The van der Waals surface area contributed by atoms with E-state index in [1.807, 2.05) is 0 Å². The average Bonchev–Trinajstić information content (AvgIpc) is 3.82. The fourth-order valence-electron chi connectivity index (χ4n) is 11.0. The zero-order valence-electron chi connectivity index (χ0n) is 32.3. The summed E-state index contributed by atoms with van der Waals surface area (Å²) in [4.78, 5) is 8.16. The third kappa shape index (κ3) is 4.22. The van der Waals surface area contributed by atoms with Crippen molar-refractivity contribution in [3.05, 3.63) is 232 Å². The monoisotopic (exact) mass is 728 g/mol. The summed E-state index contributed by atoms with van der Waals surface area (Å²) >= 11 is 0. The Balaban J connectivity index is 1.15. The lowest BCUT2D eigenvalue weighted by Crippen LogP contribution is -2.31. The van der Waals surface area contributed by atoms with Crippen LogP contribution in [0.3, 0.4) is 0 Å². The first-order valence-corrected chi connectivity index (χ1v) is 20.1. The molecule has 0 fully saturated rings. The summed E-state index contributed by atoms with van der Waals surface area (Å²) < 4.78 is 0. The molecule has 4 aliphatic rings. The highest BCUT2D eigenvalue weighted by molar-refractivity contribution is 6.17. The molecule has 8 aromatic carbocycles. The van der Waals surface area contributed by atoms with Crippen molar-refractivity contribution in [3.63, 3.8) is 0 Å². The summed E-state index contributed by atoms with van der Waals surface area (Å²) in [5, 5.41) is 2.56. The smallest absolute Gasteiger partial charge is 0.147 e. The highest BCUT2D eigenvalue weighted by Crippen LogP contribution is 2.64. The largest absolute Gasteiger partial charge is 0.349 e. The lowest BCUT2D eigenvalue weighted by Gasteiger charge is -2.36. The minimum absolute atomic E-state index is 0.143. The minimum atomic E-state index is -0.476. The second-order valence-corrected chi connectivity index (χ2v) is 16.7. The van der Waals surface area contributed by atoms with Crippen LogP contribution in [0.4, 0.5) is 0 Å². The number of fused-ring (bicyclic) bond motifs is 14. The highest BCUT2D eigenvalue weighted by Gasteiger charge is 2.53. The van der Waals surface area contributed by atoms with Crippen LogP contribution in [0.5, 0.6) is 0 Å². The van der Waals surface area contributed by atoms with Gasteiger partial charge in [-0.25, -0.2) is 0 Å². The predicted molar refractivity (Wildman–Crippen MR) is 236 cm³/mol. The molecule has 270 valence electrons. The highest BCUT2D eigenvalue weighted by atomic mass is 15.2. The van der Waals surface area contributed by atoms with E-state index in [0.717, 1.165) is 5.71 Å². The van der Waals surface area contributed by atoms with E-state index in [1.165, 1.54) is 99.9 Å². The Hall–Kier alpha value is -6.77. The Labute approximate surface area is 334 Å². The van der Waals surface area contributed by atoms with Gasteiger partial charge in [0.1, 0.15) is 6.17 Å². The molecule has 57 heavy (non-hydrogen) atoms. The van der Waals surface area contributed by atoms with Gasteiger partial charge in [-0.1, -0.05) is 178 Å². The number of benzene rings is 8. The van der Waals surface area contributed by atoms with Crippen molar-refractivity contribution in [2.45, 2.75) is 30.8 Å². The molecule has 2 heteroatoms. The molecule has 1 atom stereocenters. The number of allylic oxidation sites excluding steroid dienone is 1. The van der Waals surface area contributed by atoms with Crippen molar-refractivity contribution < 1.29 is 0 Å². The van der Waals surface area contributed by atoms with Crippen LogP contribution in [0.1, 0.15) is 70.1 Å². The van der Waals surface area contributed by atoms with Crippen LogP contribution in [0.25, 0.3) is 49.9 Å². The van der Waals surface area contributed by atoms with Crippen LogP contribution in [0.2, 0.25) is 0 Å². The molecule has 0 saturated carbocycles. The van der Waals surface area contributed by atoms with Gasteiger partial charge in [0.2, 0.25) is 0 Å². The summed E-state index contributed by atoms with van der Waals surface area (Å²) in [6, 6.07) is 65.5. The summed E-state index contributed by atoms with van der Waals surface area (Å²) in [6.45, 7) is 4.77. The quantitative estimate of drug-likeness (QED) is 0.177. The molecule has 8 aromatic rings. The molecule has 1 aliphatic heterocycles. The van der Waals surface area contributed by atoms with E-state index in [9.17, 15) is 0 Å². The van der Waals surface area contributed by atoms with E-state index in [2.05, 4.69) is 208 Å². The maximum Gasteiger partial charge on any atom is 0.147 e. The molecular weight excluding hydrogens is 689 g/mol. The van der Waals surface area contributed by atoms with Gasteiger partial charge in [-0.2, -0.15) is 0 Å². The molecule has 0 radical (unpaired) electrons. The molecule has 0 saturated heterocycles. The first kappa shape index (κ1) is 32.5. The van der Waals surface area contributed by atoms with E-state index in [1.54, 1.807) is 0 Å². The van der Waals surface area contributed by atoms with Gasteiger partial charge >= 0.3 is 0 Å². The summed E-state index contributed by atoms with van der Waals surface area (Å²) in [5.41, 5.74) is 21.1. The fourth-order valence-corrected chi connectivity index (χ4v) is 11.0. The summed E-state index contributed by atoms with van der Waals surface area (Å²) in [6.07, 6.45) is 2.17. The van der Waals surface area contributed by atoms with Gasteiger partial charge in [0.05, 0.1) is 11.1 Å². The van der Waals surface area contributed by atoms with Crippen molar-refractivity contribution in [3.8, 4) is 33.4 Å². The van der Waals surface area contributed by atoms with E-state index in [0.29, 0.717) is 0 Å². The third-order valence-corrected chi connectivity index (χ3v) is 13.5. The first-order chi connectivity index (χ1) is 28.0. The van der Waals surface area contributed by atoms with Gasteiger partial charge in [-0.05, 0) is 101 Å². The number of hydrogen-bond donors (Lipinski definition) is 0. The molecule has 12 rings (SSSR count). The van der Waals surface area contributed by atoms with Gasteiger partial charge in [-0.15, -0.1) is 0 Å². The average molecular weight is 729 g/mol. The second-order valence-electron chi connectivity index (χ2n) is 16.7. The van der Waals surface area contributed by atoms with E-state index in [-0.39, 0.29) is 11.6 Å². The zero-order valence-corrected chi connectivity index (χ0v) is 32.3. The first-order valence-electron chi connectivity index (χ1n) is 20.1. The van der Waals surface area contributed by atoms with Crippen LogP contribution in [-0.4, -0.2) is 17.7 Å². The topological polar surface area (TPSA) is 15.6 Å². The lowest BCUT2D eigenvalue weighted by molar-refractivity contribution is 0.364. The number of rotatable bonds is 3. The van der Waals surface area contributed by atoms with E-state index < -0.39 is 5.41 Å². The normalized spacial score (nSPS) is 17.3. The molecule has 3 aliphatic carbocycles. The summed E-state index contributed by atoms with van der Waals surface area (Å²) in [7, 11) is 2.22. The Morgan fingerprint density at radius 3 is 1.65 bits per heavy atom. The van der Waals surface area contributed by atoms with Crippen molar-refractivity contribution in [1.29, 1.82) is 0 Å². The van der Waals surface area contributed by atoms with Crippen LogP contribution in [0.15, 0.2) is 187 Å².